The molecule has 0 heterocycles. The summed E-state index contributed by atoms with van der Waals surface area (Å²) in [5.41, 5.74) is 1.81. The lowest BCUT2D eigenvalue weighted by Crippen LogP contribution is -2.55. The fourth-order valence-corrected chi connectivity index (χ4v) is 7.75. The first kappa shape index (κ1) is 36.2. The Hall–Kier alpha value is -4.05. The number of hydrogen-bond acceptors (Lipinski definition) is 5. The monoisotopic (exact) mass is 721 g/mol. The van der Waals surface area contributed by atoms with Crippen molar-refractivity contribution in [2.75, 3.05) is 17.5 Å². The molecule has 4 aromatic carbocycles. The fourth-order valence-electron chi connectivity index (χ4n) is 6.07. The van der Waals surface area contributed by atoms with Gasteiger partial charge in [-0.15, -0.1) is 0 Å². The van der Waals surface area contributed by atoms with Crippen LogP contribution in [0, 0.1) is 0 Å². The maximum Gasteiger partial charge on any atom is 0.264 e. The Morgan fingerprint density at radius 3 is 2.08 bits per heavy atom. The molecular weight excluding hydrogens is 681 g/mol. The first-order chi connectivity index (χ1) is 23.7. The topological polar surface area (TPSA) is 96.0 Å². The number of nitrogens with one attached hydrogen (secondary N) is 1. The zero-order chi connectivity index (χ0) is 34.8. The lowest BCUT2D eigenvalue weighted by Gasteiger charge is -2.35. The Labute approximate surface area is 299 Å². The molecule has 1 N–H and O–H groups in total. The summed E-state index contributed by atoms with van der Waals surface area (Å²) >= 11 is 12.3. The number of para-hydroxylation sites is 2. The summed E-state index contributed by atoms with van der Waals surface area (Å²) in [6.45, 7) is 1.54. The van der Waals surface area contributed by atoms with Crippen LogP contribution in [0.4, 0.5) is 5.69 Å². The zero-order valence-electron chi connectivity index (χ0n) is 27.4. The van der Waals surface area contributed by atoms with Crippen molar-refractivity contribution in [3.63, 3.8) is 0 Å². The van der Waals surface area contributed by atoms with Crippen LogP contribution in [0.1, 0.15) is 50.2 Å². The molecule has 1 fully saturated rings. The third-order valence-electron chi connectivity index (χ3n) is 8.60. The number of ether oxygens (including phenoxy) is 1. The second-order valence-corrected chi connectivity index (χ2v) is 14.8. The SMILES string of the molecule is CCOc1ccccc1N(CC(=O)N(Cc1ccc(Cl)cc1)C(Cc1ccccc1)C(=O)NC1CCCCC1)S(=O)(=O)c1ccc(Cl)cc1. The van der Waals surface area contributed by atoms with Crippen LogP contribution in [0.3, 0.4) is 0 Å². The first-order valence-corrected chi connectivity index (χ1v) is 18.7. The van der Waals surface area contributed by atoms with E-state index in [9.17, 15) is 18.0 Å². The van der Waals surface area contributed by atoms with Crippen molar-refractivity contribution in [3.8, 4) is 5.75 Å². The van der Waals surface area contributed by atoms with Crippen LogP contribution < -0.4 is 14.4 Å². The minimum absolute atomic E-state index is 0.00635. The van der Waals surface area contributed by atoms with Crippen LogP contribution in [-0.2, 0) is 32.6 Å². The fraction of sp³-hybridized carbons (Fsp3) is 0.316. The van der Waals surface area contributed by atoms with Crippen molar-refractivity contribution >= 4 is 50.7 Å². The van der Waals surface area contributed by atoms with Crippen molar-refractivity contribution in [2.24, 2.45) is 0 Å². The highest BCUT2D eigenvalue weighted by Crippen LogP contribution is 2.33. The van der Waals surface area contributed by atoms with Crippen LogP contribution in [0.2, 0.25) is 10.0 Å². The molecule has 1 unspecified atom stereocenters. The van der Waals surface area contributed by atoms with E-state index in [-0.39, 0.29) is 42.1 Å². The minimum Gasteiger partial charge on any atom is -0.492 e. The van der Waals surface area contributed by atoms with E-state index < -0.39 is 28.5 Å². The van der Waals surface area contributed by atoms with Gasteiger partial charge >= 0.3 is 0 Å². The third kappa shape index (κ3) is 9.56. The number of hydrogen-bond donors (Lipinski definition) is 1. The molecule has 4 aromatic rings. The maximum absolute atomic E-state index is 14.8. The van der Waals surface area contributed by atoms with Crippen molar-refractivity contribution in [1.82, 2.24) is 10.2 Å². The van der Waals surface area contributed by atoms with Gasteiger partial charge in [0.25, 0.3) is 10.0 Å². The molecule has 0 spiro atoms. The van der Waals surface area contributed by atoms with Crippen molar-refractivity contribution in [3.05, 3.63) is 124 Å². The van der Waals surface area contributed by atoms with Crippen LogP contribution in [-0.4, -0.2) is 50.4 Å². The summed E-state index contributed by atoms with van der Waals surface area (Å²) in [6, 6.07) is 28.1. The van der Waals surface area contributed by atoms with Crippen LogP contribution in [0.5, 0.6) is 5.75 Å². The molecule has 0 saturated heterocycles. The van der Waals surface area contributed by atoms with Gasteiger partial charge < -0.3 is 15.0 Å². The van der Waals surface area contributed by atoms with E-state index in [0.717, 1.165) is 47.5 Å². The number of carbonyl (C=O) groups is 2. The predicted octanol–water partition coefficient (Wildman–Crippen LogP) is 7.68. The Balaban J connectivity index is 1.59. The summed E-state index contributed by atoms with van der Waals surface area (Å²) in [7, 11) is -4.32. The first-order valence-electron chi connectivity index (χ1n) is 16.5. The summed E-state index contributed by atoms with van der Waals surface area (Å²) in [4.78, 5) is 30.5. The second kappa shape index (κ2) is 17.1. The number of anilines is 1. The van der Waals surface area contributed by atoms with Gasteiger partial charge in [0.1, 0.15) is 18.3 Å². The molecule has 0 aliphatic heterocycles. The highest BCUT2D eigenvalue weighted by molar-refractivity contribution is 7.92. The lowest BCUT2D eigenvalue weighted by atomic mass is 9.94. The van der Waals surface area contributed by atoms with Crippen molar-refractivity contribution in [1.29, 1.82) is 0 Å². The zero-order valence-corrected chi connectivity index (χ0v) is 29.8. The number of rotatable bonds is 14. The van der Waals surface area contributed by atoms with Gasteiger partial charge in [0, 0.05) is 29.1 Å². The number of amides is 2. The van der Waals surface area contributed by atoms with Crippen LogP contribution >= 0.6 is 23.2 Å². The molecule has 11 heteroatoms. The van der Waals surface area contributed by atoms with E-state index in [1.807, 2.05) is 30.3 Å². The van der Waals surface area contributed by atoms with Gasteiger partial charge in [0.05, 0.1) is 17.2 Å². The van der Waals surface area contributed by atoms with Gasteiger partial charge in [-0.25, -0.2) is 8.42 Å². The molecule has 1 aliphatic carbocycles. The van der Waals surface area contributed by atoms with Crippen molar-refractivity contribution in [2.45, 2.75) is 69.0 Å². The highest BCUT2D eigenvalue weighted by Gasteiger charge is 2.36. The molecular formula is C38H41Cl2N3O5S. The standard InChI is InChI=1S/C38H41Cl2N3O5S/c1-2-48-36-16-10-9-15-34(36)43(49(46,47)33-23-21-31(40)22-24-33)27-37(44)42(26-29-17-19-30(39)20-18-29)35(25-28-11-5-3-6-12-28)38(45)41-32-13-7-4-8-14-32/h3,5-6,9-12,15-24,32,35H,2,4,7-8,13-14,25-27H2,1H3,(H,41,45). The molecule has 49 heavy (non-hydrogen) atoms. The number of nitrogens with zero attached hydrogens (tertiary/aromatic N) is 2. The van der Waals surface area contributed by atoms with Gasteiger partial charge in [-0.1, -0.05) is 97.1 Å². The van der Waals surface area contributed by atoms with Gasteiger partial charge in [-0.05, 0) is 79.4 Å². The van der Waals surface area contributed by atoms with E-state index in [1.54, 1.807) is 55.5 Å². The number of benzene rings is 4. The van der Waals surface area contributed by atoms with Gasteiger partial charge in [-0.2, -0.15) is 0 Å². The maximum atomic E-state index is 14.8. The lowest BCUT2D eigenvalue weighted by molar-refractivity contribution is -0.140. The van der Waals surface area contributed by atoms with Gasteiger partial charge in [0.15, 0.2) is 0 Å². The molecule has 5 rings (SSSR count). The Morgan fingerprint density at radius 2 is 1.43 bits per heavy atom. The van der Waals surface area contributed by atoms with E-state index in [2.05, 4.69) is 5.32 Å². The van der Waals surface area contributed by atoms with E-state index in [0.29, 0.717) is 15.8 Å². The third-order valence-corrected chi connectivity index (χ3v) is 10.9. The number of sulfonamides is 1. The second-order valence-electron chi connectivity index (χ2n) is 12.1. The average molecular weight is 723 g/mol. The molecule has 0 aromatic heterocycles. The summed E-state index contributed by atoms with van der Waals surface area (Å²) < 4.78 is 35.6. The quantitative estimate of drug-likeness (QED) is 0.144. The Morgan fingerprint density at radius 1 is 0.816 bits per heavy atom. The smallest absolute Gasteiger partial charge is 0.264 e. The van der Waals surface area contributed by atoms with Crippen molar-refractivity contribution < 1.29 is 22.7 Å². The molecule has 258 valence electrons. The highest BCUT2D eigenvalue weighted by atomic mass is 35.5. The largest absolute Gasteiger partial charge is 0.492 e. The summed E-state index contributed by atoms with van der Waals surface area (Å²) in [5, 5.41) is 4.13. The molecule has 1 atom stereocenters. The van der Waals surface area contributed by atoms with Gasteiger partial charge in [0.2, 0.25) is 11.8 Å². The predicted molar refractivity (Wildman–Crippen MR) is 195 cm³/mol. The molecule has 0 radical (unpaired) electrons. The van der Waals surface area contributed by atoms with Crippen LogP contribution in [0.15, 0.2) is 108 Å². The minimum atomic E-state index is -4.32. The normalized spacial score (nSPS) is 14.1. The molecule has 8 nitrogen and oxygen atoms in total. The summed E-state index contributed by atoms with van der Waals surface area (Å²) in [5.74, 6) is -0.533. The molecule has 0 bridgehead atoms. The Bertz CT molecular complexity index is 1800. The van der Waals surface area contributed by atoms with E-state index in [4.69, 9.17) is 27.9 Å². The summed E-state index contributed by atoms with van der Waals surface area (Å²) in [6.07, 6.45) is 5.16. The molecule has 1 saturated carbocycles. The number of carbonyl (C=O) groups excluding carboxylic acids is 2. The molecule has 2 amide bonds. The Kier molecular flexibility index (Phi) is 12.6. The van der Waals surface area contributed by atoms with E-state index >= 15 is 0 Å². The number of halogens is 2. The molecule has 1 aliphatic rings. The van der Waals surface area contributed by atoms with E-state index in [1.165, 1.54) is 29.2 Å². The van der Waals surface area contributed by atoms with Gasteiger partial charge in [-0.3, -0.25) is 13.9 Å². The van der Waals surface area contributed by atoms with Crippen LogP contribution in [0.25, 0.3) is 0 Å². The average Bonchev–Trinajstić information content (AvgIpc) is 3.11.